The zero-order chi connectivity index (χ0) is 13.8. The zero-order valence-electron chi connectivity index (χ0n) is 10.5. The molecule has 2 rings (SSSR count). The van der Waals surface area contributed by atoms with Gasteiger partial charge in [0.25, 0.3) is 0 Å². The van der Waals surface area contributed by atoms with E-state index in [4.69, 9.17) is 22.2 Å². The number of benzene rings is 2. The van der Waals surface area contributed by atoms with Gasteiger partial charge in [0.1, 0.15) is 18.1 Å². The molecule has 0 bridgehead atoms. The minimum Gasteiger partial charge on any atom is -0.508 e. The van der Waals surface area contributed by atoms with Gasteiger partial charge in [0, 0.05) is 18.7 Å². The fourth-order valence-corrected chi connectivity index (χ4v) is 1.97. The van der Waals surface area contributed by atoms with E-state index in [0.717, 1.165) is 11.3 Å². The summed E-state index contributed by atoms with van der Waals surface area (Å²) < 4.78 is 5.64. The Morgan fingerprint density at radius 1 is 1.26 bits per heavy atom. The van der Waals surface area contributed by atoms with Crippen LogP contribution in [-0.4, -0.2) is 12.2 Å². The van der Waals surface area contributed by atoms with Crippen LogP contribution >= 0.6 is 11.6 Å². The van der Waals surface area contributed by atoms with Crippen LogP contribution in [0, 0.1) is 0 Å². The molecular formula is C14H15ClN2O2. The first-order valence-electron chi connectivity index (χ1n) is 5.75. The van der Waals surface area contributed by atoms with E-state index in [1.54, 1.807) is 13.1 Å². The Bertz CT molecular complexity index is 573. The Hall–Kier alpha value is -1.91. The van der Waals surface area contributed by atoms with Crippen LogP contribution in [0.4, 0.5) is 5.69 Å². The molecule has 0 aliphatic rings. The van der Waals surface area contributed by atoms with Gasteiger partial charge in [-0.2, -0.15) is 0 Å². The van der Waals surface area contributed by atoms with Gasteiger partial charge in [-0.1, -0.05) is 29.8 Å². The quantitative estimate of drug-likeness (QED) is 0.667. The number of para-hydroxylation sites is 1. The third-order valence-electron chi connectivity index (χ3n) is 2.67. The molecule has 100 valence electrons. The highest BCUT2D eigenvalue weighted by Crippen LogP contribution is 2.29. The molecule has 19 heavy (non-hydrogen) atoms. The molecule has 0 atom stereocenters. The number of aromatic hydroxyl groups is 1. The summed E-state index contributed by atoms with van der Waals surface area (Å²) in [6.07, 6.45) is 0. The smallest absolute Gasteiger partial charge is 0.138 e. The van der Waals surface area contributed by atoms with Gasteiger partial charge < -0.3 is 14.9 Å². The lowest BCUT2D eigenvalue weighted by Crippen LogP contribution is -2.26. The Morgan fingerprint density at radius 2 is 2.00 bits per heavy atom. The highest BCUT2D eigenvalue weighted by atomic mass is 35.5. The van der Waals surface area contributed by atoms with Crippen molar-refractivity contribution in [3.63, 3.8) is 0 Å². The largest absolute Gasteiger partial charge is 0.508 e. The molecule has 0 aromatic heterocycles. The van der Waals surface area contributed by atoms with Crippen LogP contribution in [0.1, 0.15) is 5.56 Å². The van der Waals surface area contributed by atoms with Gasteiger partial charge in [-0.25, -0.2) is 5.84 Å². The molecule has 2 aromatic carbocycles. The first-order chi connectivity index (χ1) is 9.08. The van der Waals surface area contributed by atoms with Gasteiger partial charge in [0.15, 0.2) is 0 Å². The van der Waals surface area contributed by atoms with E-state index in [-0.39, 0.29) is 5.75 Å². The average Bonchev–Trinajstić information content (AvgIpc) is 2.38. The number of halogens is 1. The van der Waals surface area contributed by atoms with Gasteiger partial charge in [0.2, 0.25) is 0 Å². The maximum Gasteiger partial charge on any atom is 0.138 e. The summed E-state index contributed by atoms with van der Waals surface area (Å²) >= 11 is 5.98. The summed E-state index contributed by atoms with van der Waals surface area (Å²) in [6.45, 7) is 0.349. The van der Waals surface area contributed by atoms with Crippen molar-refractivity contribution in [2.45, 2.75) is 6.61 Å². The summed E-state index contributed by atoms with van der Waals surface area (Å²) in [5.41, 5.74) is 1.84. The Morgan fingerprint density at radius 3 is 2.68 bits per heavy atom. The zero-order valence-corrected chi connectivity index (χ0v) is 11.3. The van der Waals surface area contributed by atoms with E-state index in [1.807, 2.05) is 24.3 Å². The number of hydrogen-bond acceptors (Lipinski definition) is 4. The van der Waals surface area contributed by atoms with Crippen molar-refractivity contribution < 1.29 is 9.84 Å². The summed E-state index contributed by atoms with van der Waals surface area (Å²) in [5.74, 6) is 6.38. The van der Waals surface area contributed by atoms with Crippen molar-refractivity contribution in [2.24, 2.45) is 5.84 Å². The number of anilines is 1. The SMILES string of the molecule is CN(N)c1ccccc1COc1ccc(O)cc1Cl. The van der Waals surface area contributed by atoms with Crippen molar-refractivity contribution in [1.29, 1.82) is 0 Å². The van der Waals surface area contributed by atoms with E-state index in [1.165, 1.54) is 17.1 Å². The first-order valence-corrected chi connectivity index (χ1v) is 6.13. The number of phenolic OH excluding ortho intramolecular Hbond substituents is 1. The summed E-state index contributed by atoms with van der Waals surface area (Å²) in [5, 5.41) is 11.2. The molecule has 0 saturated heterocycles. The Labute approximate surface area is 116 Å². The minimum atomic E-state index is 0.111. The molecule has 0 saturated carbocycles. The lowest BCUT2D eigenvalue weighted by atomic mass is 10.2. The van der Waals surface area contributed by atoms with E-state index in [9.17, 15) is 5.11 Å². The number of ether oxygens (including phenoxy) is 1. The molecule has 0 radical (unpaired) electrons. The summed E-state index contributed by atoms with van der Waals surface area (Å²) in [7, 11) is 1.77. The standard InChI is InChI=1S/C14H15ClN2O2/c1-17(16)13-5-3-2-4-10(13)9-19-14-7-6-11(18)8-12(14)15/h2-8,18H,9,16H2,1H3. The third kappa shape index (κ3) is 3.30. The predicted octanol–water partition coefficient (Wildman–Crippen LogP) is 2.93. The van der Waals surface area contributed by atoms with Crippen LogP contribution in [0.2, 0.25) is 5.02 Å². The van der Waals surface area contributed by atoms with Crippen LogP contribution in [0.25, 0.3) is 0 Å². The Balaban J connectivity index is 2.14. The van der Waals surface area contributed by atoms with E-state index >= 15 is 0 Å². The average molecular weight is 279 g/mol. The monoisotopic (exact) mass is 278 g/mol. The van der Waals surface area contributed by atoms with Crippen LogP contribution < -0.4 is 15.6 Å². The molecule has 0 spiro atoms. The van der Waals surface area contributed by atoms with Gasteiger partial charge in [0.05, 0.1) is 10.7 Å². The lowest BCUT2D eigenvalue weighted by Gasteiger charge is -2.17. The van der Waals surface area contributed by atoms with Crippen molar-refractivity contribution in [1.82, 2.24) is 0 Å². The molecule has 0 amide bonds. The van der Waals surface area contributed by atoms with Gasteiger partial charge >= 0.3 is 0 Å². The van der Waals surface area contributed by atoms with Gasteiger partial charge in [-0.15, -0.1) is 0 Å². The molecule has 4 nitrogen and oxygen atoms in total. The number of hydrogen-bond donors (Lipinski definition) is 2. The van der Waals surface area contributed by atoms with E-state index in [0.29, 0.717) is 17.4 Å². The summed E-state index contributed by atoms with van der Waals surface area (Å²) in [6, 6.07) is 12.3. The van der Waals surface area contributed by atoms with Crippen molar-refractivity contribution >= 4 is 17.3 Å². The van der Waals surface area contributed by atoms with Gasteiger partial charge in [-0.3, -0.25) is 0 Å². The fraction of sp³-hybridized carbons (Fsp3) is 0.143. The Kier molecular flexibility index (Phi) is 4.14. The maximum absolute atomic E-state index is 9.28. The molecule has 0 fully saturated rings. The number of phenols is 1. The van der Waals surface area contributed by atoms with Crippen LogP contribution in [0.5, 0.6) is 11.5 Å². The second kappa shape index (κ2) is 5.82. The van der Waals surface area contributed by atoms with Crippen LogP contribution in [-0.2, 0) is 6.61 Å². The van der Waals surface area contributed by atoms with Crippen molar-refractivity contribution in [2.75, 3.05) is 12.1 Å². The summed E-state index contributed by atoms with van der Waals surface area (Å²) in [4.78, 5) is 0. The lowest BCUT2D eigenvalue weighted by molar-refractivity contribution is 0.306. The normalized spacial score (nSPS) is 10.3. The first kappa shape index (κ1) is 13.5. The minimum absolute atomic E-state index is 0.111. The molecular weight excluding hydrogens is 264 g/mol. The predicted molar refractivity (Wildman–Crippen MR) is 76.5 cm³/mol. The molecule has 0 aliphatic heterocycles. The van der Waals surface area contributed by atoms with Crippen molar-refractivity contribution in [3.8, 4) is 11.5 Å². The highest BCUT2D eigenvalue weighted by molar-refractivity contribution is 6.32. The topological polar surface area (TPSA) is 58.7 Å². The molecule has 3 N–H and O–H groups in total. The number of nitrogens with two attached hydrogens (primary N) is 1. The fourth-order valence-electron chi connectivity index (χ4n) is 1.74. The molecule has 0 aliphatic carbocycles. The van der Waals surface area contributed by atoms with E-state index < -0.39 is 0 Å². The highest BCUT2D eigenvalue weighted by Gasteiger charge is 2.07. The number of hydrazine groups is 1. The molecule has 0 heterocycles. The van der Waals surface area contributed by atoms with Crippen LogP contribution in [0.15, 0.2) is 42.5 Å². The maximum atomic E-state index is 9.28. The van der Waals surface area contributed by atoms with E-state index in [2.05, 4.69) is 0 Å². The van der Waals surface area contributed by atoms with Crippen molar-refractivity contribution in [3.05, 3.63) is 53.1 Å². The second-order valence-electron chi connectivity index (χ2n) is 4.14. The third-order valence-corrected chi connectivity index (χ3v) is 2.97. The van der Waals surface area contributed by atoms with Crippen LogP contribution in [0.3, 0.4) is 0 Å². The van der Waals surface area contributed by atoms with Gasteiger partial charge in [-0.05, 0) is 18.2 Å². The second-order valence-corrected chi connectivity index (χ2v) is 4.55. The number of nitrogens with zero attached hydrogens (tertiary/aromatic N) is 1. The number of rotatable bonds is 4. The molecule has 5 heteroatoms. The molecule has 0 unspecified atom stereocenters. The molecule has 2 aromatic rings.